The van der Waals surface area contributed by atoms with Crippen molar-refractivity contribution in [2.75, 3.05) is 13.2 Å². The second-order valence-corrected chi connectivity index (χ2v) is 20.1. The van der Waals surface area contributed by atoms with Gasteiger partial charge in [0.25, 0.3) is 0 Å². The van der Waals surface area contributed by atoms with E-state index in [1.807, 2.05) is 6.08 Å². The van der Waals surface area contributed by atoms with E-state index < -0.39 is 49.5 Å². The average Bonchev–Trinajstić information content (AvgIpc) is 3.31. The maximum Gasteiger partial charge on any atom is 0.220 e. The van der Waals surface area contributed by atoms with Gasteiger partial charge in [0.15, 0.2) is 6.29 Å². The lowest BCUT2D eigenvalue weighted by atomic mass is 9.99. The van der Waals surface area contributed by atoms with E-state index in [1.165, 1.54) is 225 Å². The molecule has 0 bridgehead atoms. The first-order valence-electron chi connectivity index (χ1n) is 28.4. The molecule has 1 aliphatic heterocycles. The van der Waals surface area contributed by atoms with Crippen molar-refractivity contribution in [3.05, 3.63) is 12.2 Å². The highest BCUT2D eigenvalue weighted by Gasteiger charge is 2.44. The lowest BCUT2D eigenvalue weighted by Gasteiger charge is -2.40. The molecule has 0 aliphatic carbocycles. The Morgan fingerprint density at radius 3 is 1.20 bits per heavy atom. The number of carbonyl (C=O) groups excluding carboxylic acids is 1. The molecule has 0 saturated carbocycles. The van der Waals surface area contributed by atoms with Crippen molar-refractivity contribution in [3.63, 3.8) is 0 Å². The summed E-state index contributed by atoms with van der Waals surface area (Å²) >= 11 is 0. The molecule has 386 valence electrons. The van der Waals surface area contributed by atoms with E-state index in [-0.39, 0.29) is 12.5 Å². The molecule has 1 heterocycles. The number of rotatable bonds is 49. The van der Waals surface area contributed by atoms with Crippen LogP contribution in [0.2, 0.25) is 0 Å². The highest BCUT2D eigenvalue weighted by Crippen LogP contribution is 2.23. The van der Waals surface area contributed by atoms with Crippen LogP contribution in [-0.2, 0) is 14.3 Å². The van der Waals surface area contributed by atoms with Gasteiger partial charge in [0, 0.05) is 6.42 Å². The van der Waals surface area contributed by atoms with Gasteiger partial charge >= 0.3 is 0 Å². The molecule has 0 radical (unpaired) electrons. The van der Waals surface area contributed by atoms with Gasteiger partial charge in [0.05, 0.1) is 25.4 Å². The number of ether oxygens (including phenoxy) is 2. The van der Waals surface area contributed by atoms with Gasteiger partial charge in [-0.05, 0) is 19.3 Å². The number of unbranched alkanes of at least 4 members (excludes halogenated alkanes) is 39. The van der Waals surface area contributed by atoms with Gasteiger partial charge in [-0.2, -0.15) is 0 Å². The standard InChI is InChI=1S/C56H109NO8/c1-3-5-7-9-11-13-14-15-16-17-18-19-20-21-22-23-24-25-26-27-28-29-30-31-32-33-34-35-36-37-38-40-42-44-46-52(60)57-49(50(59)45-43-41-39-12-10-8-6-4-2)48-64-56-55(63)54(62)53(61)51(47-58)65-56/h43,45,49-51,53-56,58-59,61-63H,3-42,44,46-48H2,1-2H3,(H,57,60)/b45-43+. The average molecular weight is 924 g/mol. The predicted octanol–water partition coefficient (Wildman–Crippen LogP) is 13.6. The third kappa shape index (κ3) is 36.6. The summed E-state index contributed by atoms with van der Waals surface area (Å²) in [7, 11) is 0. The van der Waals surface area contributed by atoms with Crippen LogP contribution in [0.1, 0.15) is 284 Å². The van der Waals surface area contributed by atoms with E-state index >= 15 is 0 Å². The van der Waals surface area contributed by atoms with Gasteiger partial charge in [0.2, 0.25) is 5.91 Å². The minimum Gasteiger partial charge on any atom is -0.394 e. The molecular weight excluding hydrogens is 815 g/mol. The first kappa shape index (κ1) is 61.9. The summed E-state index contributed by atoms with van der Waals surface area (Å²) in [5, 5.41) is 54.1. The lowest BCUT2D eigenvalue weighted by Crippen LogP contribution is -2.60. The number of carbonyl (C=O) groups is 1. The third-order valence-electron chi connectivity index (χ3n) is 13.9. The first-order valence-corrected chi connectivity index (χ1v) is 28.4. The summed E-state index contributed by atoms with van der Waals surface area (Å²) in [6.07, 6.45) is 50.5. The number of hydrogen-bond donors (Lipinski definition) is 6. The first-order chi connectivity index (χ1) is 31.8. The van der Waals surface area contributed by atoms with Gasteiger partial charge < -0.3 is 40.3 Å². The summed E-state index contributed by atoms with van der Waals surface area (Å²) < 4.78 is 11.2. The van der Waals surface area contributed by atoms with Gasteiger partial charge in [-0.25, -0.2) is 0 Å². The van der Waals surface area contributed by atoms with Crippen molar-refractivity contribution >= 4 is 5.91 Å². The molecular formula is C56H109NO8. The van der Waals surface area contributed by atoms with E-state index in [1.54, 1.807) is 6.08 Å². The monoisotopic (exact) mass is 924 g/mol. The van der Waals surface area contributed by atoms with Crippen LogP contribution >= 0.6 is 0 Å². The number of aliphatic hydroxyl groups excluding tert-OH is 5. The summed E-state index contributed by atoms with van der Waals surface area (Å²) in [5.41, 5.74) is 0. The SMILES string of the molecule is CCCCCCCC/C=C/C(O)C(COC1OC(CO)C(O)C(O)C1O)NC(=O)CCCCCCCCCCCCCCCCCCCCCCCCCCCCCCCCCCCC. The molecule has 1 saturated heterocycles. The molecule has 0 spiro atoms. The summed E-state index contributed by atoms with van der Waals surface area (Å²) in [6.45, 7) is 3.76. The molecule has 1 rings (SSSR count). The van der Waals surface area contributed by atoms with Gasteiger partial charge in [-0.1, -0.05) is 270 Å². The smallest absolute Gasteiger partial charge is 0.220 e. The van der Waals surface area contributed by atoms with Crippen LogP contribution in [0.3, 0.4) is 0 Å². The summed E-state index contributed by atoms with van der Waals surface area (Å²) in [5.74, 6) is -0.174. The molecule has 7 atom stereocenters. The van der Waals surface area contributed by atoms with Crippen LogP contribution < -0.4 is 5.32 Å². The Balaban J connectivity index is 2.01. The zero-order valence-electron chi connectivity index (χ0n) is 42.8. The van der Waals surface area contributed by atoms with Crippen molar-refractivity contribution in [3.8, 4) is 0 Å². The van der Waals surface area contributed by atoms with Gasteiger partial charge in [-0.3, -0.25) is 4.79 Å². The summed E-state index contributed by atoms with van der Waals surface area (Å²) in [6, 6.07) is -0.797. The minimum absolute atomic E-state index is 0.174. The fraction of sp³-hybridized carbons (Fsp3) is 0.946. The number of aliphatic hydroxyl groups is 5. The van der Waals surface area contributed by atoms with Crippen molar-refractivity contribution in [2.24, 2.45) is 0 Å². The van der Waals surface area contributed by atoms with E-state index in [4.69, 9.17) is 9.47 Å². The topological polar surface area (TPSA) is 149 Å². The van der Waals surface area contributed by atoms with Crippen LogP contribution in [0.15, 0.2) is 12.2 Å². The van der Waals surface area contributed by atoms with Crippen molar-refractivity contribution in [2.45, 2.75) is 326 Å². The summed E-state index contributed by atoms with van der Waals surface area (Å²) in [4.78, 5) is 13.0. The number of allylic oxidation sites excluding steroid dienone is 1. The molecule has 0 aromatic heterocycles. The second kappa shape index (κ2) is 46.6. The Hall–Kier alpha value is -1.07. The van der Waals surface area contributed by atoms with E-state index in [0.29, 0.717) is 6.42 Å². The molecule has 7 unspecified atom stereocenters. The number of hydrogen-bond acceptors (Lipinski definition) is 8. The lowest BCUT2D eigenvalue weighted by molar-refractivity contribution is -0.302. The van der Waals surface area contributed by atoms with Crippen LogP contribution in [-0.4, -0.2) is 87.5 Å². The Labute approximate surface area is 401 Å². The van der Waals surface area contributed by atoms with Crippen molar-refractivity contribution in [1.82, 2.24) is 5.32 Å². The molecule has 9 nitrogen and oxygen atoms in total. The van der Waals surface area contributed by atoms with Gasteiger partial charge in [-0.15, -0.1) is 0 Å². The van der Waals surface area contributed by atoms with Gasteiger partial charge in [0.1, 0.15) is 24.4 Å². The van der Waals surface area contributed by atoms with Crippen LogP contribution in [0, 0.1) is 0 Å². The minimum atomic E-state index is -1.56. The molecule has 6 N–H and O–H groups in total. The maximum atomic E-state index is 13.0. The zero-order chi connectivity index (χ0) is 47.3. The zero-order valence-corrected chi connectivity index (χ0v) is 42.8. The fourth-order valence-electron chi connectivity index (χ4n) is 9.34. The largest absolute Gasteiger partial charge is 0.394 e. The second-order valence-electron chi connectivity index (χ2n) is 20.1. The Morgan fingerprint density at radius 2 is 0.846 bits per heavy atom. The maximum absolute atomic E-state index is 13.0. The molecule has 0 aromatic rings. The highest BCUT2D eigenvalue weighted by molar-refractivity contribution is 5.76. The molecule has 0 aromatic carbocycles. The normalized spacial score (nSPS) is 19.9. The molecule has 1 amide bonds. The highest BCUT2D eigenvalue weighted by atomic mass is 16.7. The quantitative estimate of drug-likeness (QED) is 0.0261. The fourth-order valence-corrected chi connectivity index (χ4v) is 9.34. The third-order valence-corrected chi connectivity index (χ3v) is 13.9. The van der Waals surface area contributed by atoms with Crippen molar-refractivity contribution < 1.29 is 39.8 Å². The van der Waals surface area contributed by atoms with Crippen molar-refractivity contribution in [1.29, 1.82) is 0 Å². The molecule has 65 heavy (non-hydrogen) atoms. The van der Waals surface area contributed by atoms with Crippen LogP contribution in [0.5, 0.6) is 0 Å². The Morgan fingerprint density at radius 1 is 0.508 bits per heavy atom. The molecule has 1 aliphatic rings. The van der Waals surface area contributed by atoms with Crippen LogP contribution in [0.25, 0.3) is 0 Å². The molecule has 9 heteroatoms. The number of nitrogens with one attached hydrogen (secondary N) is 1. The Kier molecular flexibility index (Phi) is 44.5. The Bertz CT molecular complexity index is 1030. The van der Waals surface area contributed by atoms with E-state index in [0.717, 1.165) is 38.5 Å². The van der Waals surface area contributed by atoms with E-state index in [2.05, 4.69) is 19.2 Å². The van der Waals surface area contributed by atoms with Crippen LogP contribution in [0.4, 0.5) is 0 Å². The molecule has 1 fully saturated rings. The predicted molar refractivity (Wildman–Crippen MR) is 272 cm³/mol. The van der Waals surface area contributed by atoms with E-state index in [9.17, 15) is 30.3 Å². The number of amides is 1.